The predicted octanol–water partition coefficient (Wildman–Crippen LogP) is 2.65. The molecule has 0 aliphatic carbocycles. The third-order valence-corrected chi connectivity index (χ3v) is 7.76. The SMILES string of the molecule is CC=CC(=O)N1CC2(CCN(c3nc(N4CCOCC4)nc(-c4c(C)ccc5[nH]ncc45)c3C#N)C2)C1. The molecule has 3 fully saturated rings. The summed E-state index contributed by atoms with van der Waals surface area (Å²) >= 11 is 0. The van der Waals surface area contributed by atoms with Crippen LogP contribution in [0.15, 0.2) is 30.5 Å². The van der Waals surface area contributed by atoms with Gasteiger partial charge in [-0.25, -0.2) is 4.98 Å². The first-order valence-electron chi connectivity index (χ1n) is 12.8. The van der Waals surface area contributed by atoms with Crippen molar-refractivity contribution in [2.75, 3.05) is 62.3 Å². The Bertz CT molecular complexity index is 1430. The van der Waals surface area contributed by atoms with Gasteiger partial charge in [-0.15, -0.1) is 0 Å². The van der Waals surface area contributed by atoms with Gasteiger partial charge in [0.2, 0.25) is 11.9 Å². The van der Waals surface area contributed by atoms with Gasteiger partial charge in [0, 0.05) is 55.6 Å². The van der Waals surface area contributed by atoms with Gasteiger partial charge in [0.25, 0.3) is 0 Å². The summed E-state index contributed by atoms with van der Waals surface area (Å²) in [6, 6.07) is 6.48. The van der Waals surface area contributed by atoms with Gasteiger partial charge in [-0.3, -0.25) is 9.89 Å². The molecule has 3 aromatic rings. The molecule has 0 unspecified atom stereocenters. The highest BCUT2D eigenvalue weighted by molar-refractivity contribution is 5.97. The number of aromatic amines is 1. The number of nitrogens with one attached hydrogen (secondary N) is 1. The van der Waals surface area contributed by atoms with E-state index in [1.807, 2.05) is 30.9 Å². The molecule has 37 heavy (non-hydrogen) atoms. The molecule has 1 N–H and O–H groups in total. The number of anilines is 2. The molecular weight excluding hydrogens is 468 g/mol. The van der Waals surface area contributed by atoms with Gasteiger partial charge >= 0.3 is 0 Å². The number of ether oxygens (including phenoxy) is 1. The van der Waals surface area contributed by atoms with Crippen LogP contribution in [-0.2, 0) is 9.53 Å². The van der Waals surface area contributed by atoms with Crippen molar-refractivity contribution in [3.63, 3.8) is 0 Å². The molecule has 5 heterocycles. The van der Waals surface area contributed by atoms with Crippen molar-refractivity contribution in [1.82, 2.24) is 25.1 Å². The van der Waals surface area contributed by atoms with Gasteiger partial charge in [0.15, 0.2) is 5.82 Å². The number of morpholine rings is 1. The average molecular weight is 499 g/mol. The Morgan fingerprint density at radius 2 is 1.97 bits per heavy atom. The maximum atomic E-state index is 12.3. The van der Waals surface area contributed by atoms with E-state index in [2.05, 4.69) is 26.1 Å². The van der Waals surface area contributed by atoms with Gasteiger partial charge in [0.05, 0.1) is 30.6 Å². The lowest BCUT2D eigenvalue weighted by Crippen LogP contribution is -2.59. The first-order valence-corrected chi connectivity index (χ1v) is 12.8. The van der Waals surface area contributed by atoms with Gasteiger partial charge in [-0.05, 0) is 38.0 Å². The molecule has 190 valence electrons. The minimum atomic E-state index is 0.0364. The molecule has 0 bridgehead atoms. The van der Waals surface area contributed by atoms with Crippen LogP contribution in [0.4, 0.5) is 11.8 Å². The maximum absolute atomic E-state index is 12.3. The zero-order valence-corrected chi connectivity index (χ0v) is 21.2. The summed E-state index contributed by atoms with van der Waals surface area (Å²) in [5.74, 6) is 1.35. The fourth-order valence-corrected chi connectivity index (χ4v) is 5.84. The van der Waals surface area contributed by atoms with Crippen LogP contribution in [0.25, 0.3) is 22.2 Å². The Morgan fingerprint density at radius 1 is 1.16 bits per heavy atom. The lowest BCUT2D eigenvalue weighted by molar-refractivity contribution is -0.136. The van der Waals surface area contributed by atoms with Gasteiger partial charge in [-0.2, -0.15) is 15.3 Å². The Hall–Kier alpha value is -3.97. The second-order valence-electron chi connectivity index (χ2n) is 10.2. The van der Waals surface area contributed by atoms with Crippen LogP contribution in [0.2, 0.25) is 0 Å². The van der Waals surface area contributed by atoms with Crippen molar-refractivity contribution in [2.24, 2.45) is 5.41 Å². The summed E-state index contributed by atoms with van der Waals surface area (Å²) in [6.07, 6.45) is 6.16. The van der Waals surface area contributed by atoms with Crippen LogP contribution in [0, 0.1) is 23.7 Å². The Labute approximate surface area is 215 Å². The number of nitriles is 1. The summed E-state index contributed by atoms with van der Waals surface area (Å²) in [5.41, 5.74) is 3.98. The molecule has 0 atom stereocenters. The van der Waals surface area contributed by atoms with Gasteiger partial charge < -0.3 is 19.4 Å². The van der Waals surface area contributed by atoms with Crippen molar-refractivity contribution in [3.8, 4) is 17.3 Å². The highest BCUT2D eigenvalue weighted by Crippen LogP contribution is 2.43. The van der Waals surface area contributed by atoms with E-state index in [0.717, 1.165) is 54.6 Å². The molecule has 1 amide bonds. The number of hydrogen-bond donors (Lipinski definition) is 1. The van der Waals surface area contributed by atoms with Crippen molar-refractivity contribution in [1.29, 1.82) is 5.26 Å². The molecule has 2 aromatic heterocycles. The van der Waals surface area contributed by atoms with Crippen LogP contribution in [-0.4, -0.2) is 83.5 Å². The summed E-state index contributed by atoms with van der Waals surface area (Å²) < 4.78 is 5.56. The topological polar surface area (TPSA) is 114 Å². The van der Waals surface area contributed by atoms with Gasteiger partial charge in [0.1, 0.15) is 11.6 Å². The summed E-state index contributed by atoms with van der Waals surface area (Å²) in [4.78, 5) is 28.5. The van der Waals surface area contributed by atoms with E-state index < -0.39 is 0 Å². The lowest BCUT2D eigenvalue weighted by Gasteiger charge is -2.47. The zero-order valence-electron chi connectivity index (χ0n) is 21.2. The summed E-state index contributed by atoms with van der Waals surface area (Å²) in [6.45, 7) is 9.54. The number of fused-ring (bicyclic) bond motifs is 1. The molecule has 3 aliphatic rings. The monoisotopic (exact) mass is 498 g/mol. The summed E-state index contributed by atoms with van der Waals surface area (Å²) in [5, 5.41) is 18.7. The average Bonchev–Trinajstić information content (AvgIpc) is 3.55. The highest BCUT2D eigenvalue weighted by Gasteiger charge is 2.49. The third-order valence-electron chi connectivity index (χ3n) is 7.76. The lowest BCUT2D eigenvalue weighted by atomic mass is 9.79. The number of hydrogen-bond acceptors (Lipinski definition) is 8. The molecule has 1 spiro atoms. The second kappa shape index (κ2) is 9.16. The smallest absolute Gasteiger partial charge is 0.246 e. The van der Waals surface area contributed by atoms with Crippen molar-refractivity contribution < 1.29 is 9.53 Å². The second-order valence-corrected chi connectivity index (χ2v) is 10.2. The molecule has 10 heteroatoms. The number of nitrogens with zero attached hydrogens (tertiary/aromatic N) is 7. The quantitative estimate of drug-likeness (QED) is 0.546. The van der Waals surface area contributed by atoms with Crippen molar-refractivity contribution >= 4 is 28.6 Å². The number of carbonyl (C=O) groups excluding carboxylic acids is 1. The number of likely N-dealkylation sites (tertiary alicyclic amines) is 1. The van der Waals surface area contributed by atoms with E-state index in [0.29, 0.717) is 49.3 Å². The Balaban J connectivity index is 1.42. The predicted molar refractivity (Wildman–Crippen MR) is 140 cm³/mol. The minimum absolute atomic E-state index is 0.0364. The molecular formula is C27H30N8O2. The van der Waals surface area contributed by atoms with E-state index in [-0.39, 0.29) is 11.3 Å². The van der Waals surface area contributed by atoms with Crippen LogP contribution >= 0.6 is 0 Å². The number of allylic oxidation sites excluding steroid dienone is 1. The molecule has 10 nitrogen and oxygen atoms in total. The molecule has 0 radical (unpaired) electrons. The number of amides is 1. The van der Waals surface area contributed by atoms with Crippen molar-refractivity contribution in [3.05, 3.63) is 41.6 Å². The third kappa shape index (κ3) is 4.00. The number of aryl methyl sites for hydroxylation is 1. The first-order chi connectivity index (χ1) is 18.0. The zero-order chi connectivity index (χ0) is 25.6. The first kappa shape index (κ1) is 23.4. The van der Waals surface area contributed by atoms with E-state index in [4.69, 9.17) is 14.7 Å². The molecule has 1 aromatic carbocycles. The fraction of sp³-hybridized carbons (Fsp3) is 0.444. The highest BCUT2D eigenvalue weighted by atomic mass is 16.5. The fourth-order valence-electron chi connectivity index (χ4n) is 5.84. The number of benzene rings is 1. The molecule has 0 saturated carbocycles. The van der Waals surface area contributed by atoms with Crippen molar-refractivity contribution in [2.45, 2.75) is 20.3 Å². The van der Waals surface area contributed by atoms with E-state index in [9.17, 15) is 10.1 Å². The molecule has 6 rings (SSSR count). The number of carbonyl (C=O) groups is 1. The number of rotatable bonds is 4. The van der Waals surface area contributed by atoms with Crippen LogP contribution < -0.4 is 9.80 Å². The molecule has 3 saturated heterocycles. The largest absolute Gasteiger partial charge is 0.378 e. The number of H-pyrrole nitrogens is 1. The van der Waals surface area contributed by atoms with Crippen LogP contribution in [0.3, 0.4) is 0 Å². The van der Waals surface area contributed by atoms with E-state index in [1.54, 1.807) is 18.3 Å². The van der Waals surface area contributed by atoms with Crippen LogP contribution in [0.5, 0.6) is 0 Å². The minimum Gasteiger partial charge on any atom is -0.378 e. The molecule has 3 aliphatic heterocycles. The Kier molecular flexibility index (Phi) is 5.80. The van der Waals surface area contributed by atoms with Gasteiger partial charge in [-0.1, -0.05) is 12.1 Å². The van der Waals surface area contributed by atoms with Crippen LogP contribution in [0.1, 0.15) is 24.5 Å². The normalized spacial score (nSPS) is 19.1. The standard InChI is InChI=1S/C27H30N8O2/c1-3-4-22(36)35-16-27(17-35)7-8-34(15-27)25-19(13-28)24(30-26(31-25)33-9-11-37-12-10-33)23-18(2)5-6-21-20(23)14-29-32-21/h3-6,14H,7-12,15-17H2,1-2H3,(H,29,32). The summed E-state index contributed by atoms with van der Waals surface area (Å²) in [7, 11) is 0. The van der Waals surface area contributed by atoms with E-state index in [1.165, 1.54) is 0 Å². The Morgan fingerprint density at radius 3 is 2.73 bits per heavy atom. The van der Waals surface area contributed by atoms with E-state index >= 15 is 0 Å². The number of aromatic nitrogens is 4. The maximum Gasteiger partial charge on any atom is 0.246 e.